The second kappa shape index (κ2) is 6.48. The molecule has 0 radical (unpaired) electrons. The molecule has 0 aliphatic carbocycles. The molecule has 0 saturated heterocycles. The van der Waals surface area contributed by atoms with E-state index in [0.29, 0.717) is 11.7 Å². The lowest BCUT2D eigenvalue weighted by Gasteiger charge is -2.17. The van der Waals surface area contributed by atoms with Crippen LogP contribution in [-0.4, -0.2) is 17.2 Å². The van der Waals surface area contributed by atoms with Crippen molar-refractivity contribution in [1.82, 2.24) is 4.98 Å². The van der Waals surface area contributed by atoms with Crippen molar-refractivity contribution in [1.29, 1.82) is 0 Å². The fourth-order valence-electron chi connectivity index (χ4n) is 1.96. The predicted molar refractivity (Wildman–Crippen MR) is 64.4 cm³/mol. The van der Waals surface area contributed by atoms with Gasteiger partial charge in [-0.3, -0.25) is 4.98 Å². The number of rotatable bonds is 6. The molecule has 0 saturated carbocycles. The maximum absolute atomic E-state index is 10.1. The fourth-order valence-corrected chi connectivity index (χ4v) is 1.96. The molecule has 90 valence electrons. The first kappa shape index (κ1) is 13.0. The van der Waals surface area contributed by atoms with Crippen molar-refractivity contribution < 1.29 is 9.84 Å². The molecule has 1 aromatic heterocycles. The summed E-state index contributed by atoms with van der Waals surface area (Å²) in [6, 6.07) is 1.82. The number of aliphatic hydroxyl groups excluding tert-OH is 1. The van der Waals surface area contributed by atoms with E-state index < -0.39 is 6.10 Å². The zero-order chi connectivity index (χ0) is 12.0. The minimum absolute atomic E-state index is 0.459. The lowest BCUT2D eigenvalue weighted by atomic mass is 9.95. The smallest absolute Gasteiger partial charge is 0.142 e. The van der Waals surface area contributed by atoms with E-state index in [0.717, 1.165) is 24.8 Å². The molecule has 1 N–H and O–H groups in total. The van der Waals surface area contributed by atoms with Crippen LogP contribution in [-0.2, 0) is 0 Å². The van der Waals surface area contributed by atoms with Crippen LogP contribution >= 0.6 is 0 Å². The summed E-state index contributed by atoms with van der Waals surface area (Å²) < 4.78 is 5.19. The Labute approximate surface area is 97.5 Å². The van der Waals surface area contributed by atoms with Gasteiger partial charge in [-0.25, -0.2) is 0 Å². The van der Waals surface area contributed by atoms with Gasteiger partial charge >= 0.3 is 0 Å². The number of nitrogens with zero attached hydrogens (tertiary/aromatic N) is 1. The summed E-state index contributed by atoms with van der Waals surface area (Å²) in [7, 11) is 1.60. The van der Waals surface area contributed by atoms with Gasteiger partial charge in [-0.1, -0.05) is 26.7 Å². The number of methoxy groups -OCH3 is 1. The molecule has 1 heterocycles. The second-order valence-corrected chi connectivity index (χ2v) is 4.26. The maximum Gasteiger partial charge on any atom is 0.142 e. The van der Waals surface area contributed by atoms with E-state index in [1.807, 2.05) is 6.07 Å². The van der Waals surface area contributed by atoms with Gasteiger partial charge in [-0.15, -0.1) is 0 Å². The number of pyridine rings is 1. The van der Waals surface area contributed by atoms with E-state index in [2.05, 4.69) is 18.8 Å². The van der Waals surface area contributed by atoms with Crippen LogP contribution in [0.5, 0.6) is 5.75 Å². The molecular weight excluding hydrogens is 202 g/mol. The lowest BCUT2D eigenvalue weighted by molar-refractivity contribution is 0.141. The Bertz CT molecular complexity index is 315. The van der Waals surface area contributed by atoms with Crippen molar-refractivity contribution >= 4 is 0 Å². The van der Waals surface area contributed by atoms with Crippen molar-refractivity contribution in [2.45, 2.75) is 39.2 Å². The number of ether oxygens (including phenoxy) is 1. The van der Waals surface area contributed by atoms with E-state index >= 15 is 0 Å². The molecular formula is C13H21NO2. The zero-order valence-electron chi connectivity index (χ0n) is 10.3. The third-order valence-electron chi connectivity index (χ3n) is 2.80. The highest BCUT2D eigenvalue weighted by atomic mass is 16.5. The Kier molecular flexibility index (Phi) is 5.26. The van der Waals surface area contributed by atoms with Gasteiger partial charge in [0, 0.05) is 11.8 Å². The largest absolute Gasteiger partial charge is 0.495 e. The quantitative estimate of drug-likeness (QED) is 0.806. The van der Waals surface area contributed by atoms with Gasteiger partial charge in [-0.05, 0) is 18.4 Å². The van der Waals surface area contributed by atoms with Crippen molar-refractivity contribution in [2.75, 3.05) is 7.11 Å². The summed E-state index contributed by atoms with van der Waals surface area (Å²) >= 11 is 0. The summed E-state index contributed by atoms with van der Waals surface area (Å²) in [5.74, 6) is 1.19. The Balaban J connectivity index is 2.68. The highest BCUT2D eigenvalue weighted by molar-refractivity contribution is 5.31. The minimum atomic E-state index is -0.459. The van der Waals surface area contributed by atoms with Gasteiger partial charge in [0.15, 0.2) is 0 Å². The molecule has 1 rings (SSSR count). The van der Waals surface area contributed by atoms with E-state index in [-0.39, 0.29) is 0 Å². The predicted octanol–water partition coefficient (Wildman–Crippen LogP) is 2.95. The normalized spacial score (nSPS) is 14.5. The molecule has 0 aliphatic heterocycles. The Morgan fingerprint density at radius 3 is 2.88 bits per heavy atom. The Hall–Kier alpha value is -1.09. The molecule has 0 aliphatic rings. The van der Waals surface area contributed by atoms with Gasteiger partial charge in [0.05, 0.1) is 19.4 Å². The molecule has 2 atom stereocenters. The average molecular weight is 223 g/mol. The molecule has 0 bridgehead atoms. The van der Waals surface area contributed by atoms with E-state index in [1.54, 1.807) is 19.5 Å². The highest BCUT2D eigenvalue weighted by Crippen LogP contribution is 2.29. The molecule has 1 aromatic rings. The van der Waals surface area contributed by atoms with E-state index in [9.17, 15) is 5.11 Å². The minimum Gasteiger partial charge on any atom is -0.495 e. The summed E-state index contributed by atoms with van der Waals surface area (Å²) in [5.41, 5.74) is 0.834. The number of hydrogen-bond donors (Lipinski definition) is 1. The third kappa shape index (κ3) is 3.49. The number of aromatic nitrogens is 1. The van der Waals surface area contributed by atoms with Crippen molar-refractivity contribution in [2.24, 2.45) is 5.92 Å². The highest BCUT2D eigenvalue weighted by Gasteiger charge is 2.15. The van der Waals surface area contributed by atoms with Crippen molar-refractivity contribution in [3.05, 3.63) is 24.0 Å². The molecule has 3 nitrogen and oxygen atoms in total. The van der Waals surface area contributed by atoms with Gasteiger partial charge < -0.3 is 9.84 Å². The Morgan fingerprint density at radius 2 is 2.25 bits per heavy atom. The van der Waals surface area contributed by atoms with Gasteiger partial charge in [0.2, 0.25) is 0 Å². The van der Waals surface area contributed by atoms with Crippen LogP contribution in [0.1, 0.15) is 44.8 Å². The summed E-state index contributed by atoms with van der Waals surface area (Å²) in [6.07, 6.45) is 5.94. The molecule has 2 unspecified atom stereocenters. The average Bonchev–Trinajstić information content (AvgIpc) is 2.29. The second-order valence-electron chi connectivity index (χ2n) is 4.26. The lowest BCUT2D eigenvalue weighted by Crippen LogP contribution is -2.06. The summed E-state index contributed by atoms with van der Waals surface area (Å²) in [4.78, 5) is 3.98. The zero-order valence-corrected chi connectivity index (χ0v) is 10.3. The van der Waals surface area contributed by atoms with E-state index in [1.165, 1.54) is 0 Å². The summed E-state index contributed by atoms with van der Waals surface area (Å²) in [5, 5.41) is 10.1. The van der Waals surface area contributed by atoms with Crippen molar-refractivity contribution in [3.63, 3.8) is 0 Å². The fraction of sp³-hybridized carbons (Fsp3) is 0.615. The molecule has 16 heavy (non-hydrogen) atoms. The molecule has 0 spiro atoms. The van der Waals surface area contributed by atoms with Crippen LogP contribution < -0.4 is 4.74 Å². The van der Waals surface area contributed by atoms with E-state index in [4.69, 9.17) is 4.74 Å². The monoisotopic (exact) mass is 223 g/mol. The van der Waals surface area contributed by atoms with Gasteiger partial charge in [0.1, 0.15) is 5.75 Å². The third-order valence-corrected chi connectivity index (χ3v) is 2.80. The molecule has 0 amide bonds. The SMILES string of the molecule is CCCC(C)CC(O)c1ccncc1OC. The first-order valence-corrected chi connectivity index (χ1v) is 5.85. The van der Waals surface area contributed by atoms with Crippen LogP contribution in [0.25, 0.3) is 0 Å². The first-order valence-electron chi connectivity index (χ1n) is 5.85. The van der Waals surface area contributed by atoms with Crippen LogP contribution in [0, 0.1) is 5.92 Å². The standard InChI is InChI=1S/C13H21NO2/c1-4-5-10(2)8-12(15)11-6-7-14-9-13(11)16-3/h6-7,9-10,12,15H,4-5,8H2,1-3H3. The first-order chi connectivity index (χ1) is 7.69. The van der Waals surface area contributed by atoms with Gasteiger partial charge in [-0.2, -0.15) is 0 Å². The van der Waals surface area contributed by atoms with Crippen LogP contribution in [0.4, 0.5) is 0 Å². The summed E-state index contributed by atoms with van der Waals surface area (Å²) in [6.45, 7) is 4.33. The maximum atomic E-state index is 10.1. The van der Waals surface area contributed by atoms with Crippen LogP contribution in [0.2, 0.25) is 0 Å². The van der Waals surface area contributed by atoms with Crippen molar-refractivity contribution in [3.8, 4) is 5.75 Å². The molecule has 0 aromatic carbocycles. The van der Waals surface area contributed by atoms with Gasteiger partial charge in [0.25, 0.3) is 0 Å². The number of aliphatic hydroxyl groups is 1. The number of hydrogen-bond acceptors (Lipinski definition) is 3. The molecule has 3 heteroatoms. The molecule has 0 fully saturated rings. The Morgan fingerprint density at radius 1 is 1.50 bits per heavy atom. The van der Waals surface area contributed by atoms with Crippen LogP contribution in [0.15, 0.2) is 18.5 Å². The van der Waals surface area contributed by atoms with Crippen LogP contribution in [0.3, 0.4) is 0 Å². The topological polar surface area (TPSA) is 42.4 Å².